The van der Waals surface area contributed by atoms with E-state index in [1.54, 1.807) is 72.5 Å². The Hall–Kier alpha value is -7.21. The van der Waals surface area contributed by atoms with Crippen molar-refractivity contribution in [2.45, 2.75) is 188 Å². The first-order valence-corrected chi connectivity index (χ1v) is 31.3. The standard InChI is InChI=1S/C33H45N5O6S.C28H37N5O4S.C2H6O/c1-20(2)17-23(35-30(42)33(6,7)36-31(43)44-32(3,4)5)28(40)34-24-18-21-11-8-13-25(37-15-9-14-26(37)39)27(21)38(29(24)41)19-22-12-10-16-45-22;1-17(2)14-20(31-27(37)28(3,4)29)25(35)30-21-15-18-8-5-10-22(32-12-6-11-23(32)34)24(18)33(26(21)36)16-19-9-7-13-38-19;1-2-3/h8,10-13,16,20,23-24H,9,14-15,17-19H2,1-7H3,(H,34,40)(H,35,42)(H,36,43);5,7-10,13,17,20-21H,6,11-12,14-16,29H2,1-4H3,(H,30,35)(H,31,37);3H,2H2,1H3/t23-,24?;20-,21?;/m11./s1. The van der Waals surface area contributed by atoms with Crippen LogP contribution < -0.4 is 51.9 Å². The molecule has 0 spiro atoms. The van der Waals surface area contributed by atoms with Gasteiger partial charge in [0.2, 0.25) is 47.3 Å². The number of hydrogen-bond acceptors (Lipinski definition) is 14. The number of carbonyl (C=O) groups is 9. The van der Waals surface area contributed by atoms with Crippen molar-refractivity contribution in [3.8, 4) is 0 Å². The lowest BCUT2D eigenvalue weighted by molar-refractivity contribution is -0.133. The first kappa shape index (κ1) is 67.9. The van der Waals surface area contributed by atoms with Gasteiger partial charge in [-0.2, -0.15) is 0 Å². The van der Waals surface area contributed by atoms with Crippen LogP contribution in [0.3, 0.4) is 0 Å². The molecule has 0 radical (unpaired) electrons. The molecule has 9 amide bonds. The minimum atomic E-state index is -1.38. The van der Waals surface area contributed by atoms with Gasteiger partial charge in [-0.05, 0) is 139 Å². The van der Waals surface area contributed by atoms with Gasteiger partial charge in [0.05, 0.1) is 41.4 Å². The SMILES string of the molecule is CC(C)C[C@@H](NC(=O)C(C)(C)N)C(=O)NC1Cc2cccc(N3CCCC3=O)c2N(Cc2cccs2)C1=O.CC(C)C[C@@H](NC(=O)C(C)(C)NC(=O)OC(C)(C)C)C(=O)NC1Cc2cccc(N3CCCC3=O)c2N(Cc2cccs2)C1=O.CCO. The van der Waals surface area contributed by atoms with Crippen molar-refractivity contribution < 1.29 is 53.0 Å². The molecule has 6 heterocycles. The number of amides is 9. The van der Waals surface area contributed by atoms with Crippen molar-refractivity contribution in [3.05, 3.63) is 92.3 Å². The molecule has 8 rings (SSSR count). The number of thiophene rings is 2. The molecule has 2 aromatic carbocycles. The smallest absolute Gasteiger partial charge is 0.408 e. The highest BCUT2D eigenvalue weighted by Crippen LogP contribution is 2.42. The molecule has 21 nitrogen and oxygen atoms in total. The molecule has 2 fully saturated rings. The van der Waals surface area contributed by atoms with Crippen LogP contribution in [0.5, 0.6) is 0 Å². The molecule has 23 heteroatoms. The van der Waals surface area contributed by atoms with Gasteiger partial charge in [-0.15, -0.1) is 22.7 Å². The van der Waals surface area contributed by atoms with Gasteiger partial charge in [0.1, 0.15) is 35.3 Å². The van der Waals surface area contributed by atoms with Crippen molar-refractivity contribution in [1.82, 2.24) is 26.6 Å². The maximum Gasteiger partial charge on any atom is 0.408 e. The van der Waals surface area contributed by atoms with E-state index in [1.165, 1.54) is 25.2 Å². The zero-order chi connectivity index (χ0) is 63.4. The van der Waals surface area contributed by atoms with Gasteiger partial charge in [0.25, 0.3) is 0 Å². The van der Waals surface area contributed by atoms with E-state index in [4.69, 9.17) is 15.6 Å². The Kier molecular flexibility index (Phi) is 23.3. The molecular formula is C63H88N10O11S2. The van der Waals surface area contributed by atoms with Crippen LogP contribution in [0.1, 0.15) is 142 Å². The van der Waals surface area contributed by atoms with Crippen LogP contribution >= 0.6 is 22.7 Å². The predicted octanol–water partition coefficient (Wildman–Crippen LogP) is 7.00. The summed E-state index contributed by atoms with van der Waals surface area (Å²) in [7, 11) is 0. The summed E-state index contributed by atoms with van der Waals surface area (Å²) < 4.78 is 5.30. The molecule has 86 heavy (non-hydrogen) atoms. The Bertz CT molecular complexity index is 3060. The molecule has 8 N–H and O–H groups in total. The van der Waals surface area contributed by atoms with Gasteiger partial charge in [-0.3, -0.25) is 38.4 Å². The van der Waals surface area contributed by atoms with E-state index in [9.17, 15) is 43.2 Å². The Labute approximate surface area is 513 Å². The van der Waals surface area contributed by atoms with Crippen LogP contribution in [0.15, 0.2) is 71.4 Å². The fraction of sp³-hybridized carbons (Fsp3) is 0.540. The third-order valence-electron chi connectivity index (χ3n) is 14.5. The number of carbonyl (C=O) groups excluding carboxylic acids is 9. The lowest BCUT2D eigenvalue weighted by Gasteiger charge is -2.37. The Morgan fingerprint density at radius 2 is 1.05 bits per heavy atom. The van der Waals surface area contributed by atoms with Gasteiger partial charge < -0.3 is 61.8 Å². The minimum Gasteiger partial charge on any atom is -0.444 e. The maximum absolute atomic E-state index is 14.1. The van der Waals surface area contributed by atoms with E-state index in [0.29, 0.717) is 69.7 Å². The summed E-state index contributed by atoms with van der Waals surface area (Å²) in [5.41, 5.74) is 7.27. The second-order valence-electron chi connectivity index (χ2n) is 25.0. The molecule has 468 valence electrons. The first-order valence-electron chi connectivity index (χ1n) is 29.6. The van der Waals surface area contributed by atoms with Crippen molar-refractivity contribution in [2.75, 3.05) is 39.3 Å². The van der Waals surface area contributed by atoms with E-state index >= 15 is 0 Å². The average Bonchev–Trinajstić information content (AvgIpc) is 1.39. The first-order chi connectivity index (χ1) is 40.4. The highest BCUT2D eigenvalue weighted by molar-refractivity contribution is 7.10. The zero-order valence-corrected chi connectivity index (χ0v) is 53.4. The summed E-state index contributed by atoms with van der Waals surface area (Å²) in [4.78, 5) is 128. The summed E-state index contributed by atoms with van der Waals surface area (Å²) >= 11 is 3.07. The van der Waals surface area contributed by atoms with Gasteiger partial charge in [-0.1, -0.05) is 64.1 Å². The zero-order valence-electron chi connectivity index (χ0n) is 51.8. The number of nitrogens with two attached hydrogens (primary N) is 1. The van der Waals surface area contributed by atoms with Crippen LogP contribution in [0.2, 0.25) is 0 Å². The molecule has 4 atom stereocenters. The van der Waals surface area contributed by atoms with Crippen LogP contribution in [0.25, 0.3) is 0 Å². The van der Waals surface area contributed by atoms with Gasteiger partial charge in [-0.25, -0.2) is 4.79 Å². The van der Waals surface area contributed by atoms with Crippen LogP contribution in [0, 0.1) is 11.8 Å². The van der Waals surface area contributed by atoms with E-state index in [1.807, 2.05) is 99.1 Å². The van der Waals surface area contributed by atoms with E-state index in [2.05, 4.69) is 26.6 Å². The predicted molar refractivity (Wildman–Crippen MR) is 336 cm³/mol. The van der Waals surface area contributed by atoms with Crippen molar-refractivity contribution in [2.24, 2.45) is 17.6 Å². The third-order valence-corrected chi connectivity index (χ3v) is 16.2. The molecule has 2 aromatic heterocycles. The second-order valence-corrected chi connectivity index (χ2v) is 27.1. The number of benzene rings is 2. The number of nitrogens with zero attached hydrogens (tertiary/aromatic N) is 4. The summed E-state index contributed by atoms with van der Waals surface area (Å²) in [5, 5.41) is 25.4. The Balaban J connectivity index is 0.000000266. The van der Waals surface area contributed by atoms with Gasteiger partial charge in [0.15, 0.2) is 0 Å². The quantitative estimate of drug-likeness (QED) is 0.0500. The number of anilines is 4. The van der Waals surface area contributed by atoms with Gasteiger partial charge >= 0.3 is 6.09 Å². The number of aliphatic hydroxyl groups excluding tert-OH is 1. The number of hydrogen-bond donors (Lipinski definition) is 7. The molecule has 0 saturated carbocycles. The lowest BCUT2D eigenvalue weighted by atomic mass is 9.94. The van der Waals surface area contributed by atoms with Crippen LogP contribution in [0.4, 0.5) is 27.5 Å². The third kappa shape index (κ3) is 17.9. The Morgan fingerprint density at radius 3 is 1.38 bits per heavy atom. The molecule has 2 unspecified atom stereocenters. The largest absolute Gasteiger partial charge is 0.444 e. The van der Waals surface area contributed by atoms with E-state index in [-0.39, 0.29) is 48.5 Å². The van der Waals surface area contributed by atoms with Crippen molar-refractivity contribution >= 4 is 98.8 Å². The topological polar surface area (TPSA) is 282 Å². The lowest BCUT2D eigenvalue weighted by Crippen LogP contribution is -2.61. The summed E-state index contributed by atoms with van der Waals surface area (Å²) in [6.07, 6.45) is 3.00. The molecule has 4 aromatic rings. The summed E-state index contributed by atoms with van der Waals surface area (Å²) in [6, 6.07) is 15.7. The highest BCUT2D eigenvalue weighted by atomic mass is 32.1. The maximum atomic E-state index is 14.1. The normalized spacial score (nSPS) is 17.6. The fourth-order valence-electron chi connectivity index (χ4n) is 10.5. The molecule has 4 aliphatic rings. The van der Waals surface area contributed by atoms with Crippen LogP contribution in [-0.4, -0.2) is 119 Å². The number of aliphatic hydroxyl groups is 1. The number of para-hydroxylation sites is 2. The number of fused-ring (bicyclic) bond motifs is 2. The Morgan fingerprint density at radius 1 is 0.640 bits per heavy atom. The molecule has 0 aliphatic carbocycles. The average molecular weight is 1230 g/mol. The fourth-order valence-corrected chi connectivity index (χ4v) is 11.9. The number of nitrogens with one attached hydrogen (secondary N) is 5. The van der Waals surface area contributed by atoms with Crippen molar-refractivity contribution in [3.63, 3.8) is 0 Å². The monoisotopic (exact) mass is 1220 g/mol. The number of ether oxygens (including phenoxy) is 1. The van der Waals surface area contributed by atoms with Crippen LogP contribution in [-0.2, 0) is 69.0 Å². The molecule has 2 saturated heterocycles. The highest BCUT2D eigenvalue weighted by Gasteiger charge is 2.42. The van der Waals surface area contributed by atoms with E-state index in [0.717, 1.165) is 45.1 Å². The molecule has 4 aliphatic heterocycles. The number of rotatable bonds is 19. The summed E-state index contributed by atoms with van der Waals surface area (Å²) in [5.74, 6) is -2.18. The van der Waals surface area contributed by atoms with Crippen molar-refractivity contribution in [1.29, 1.82) is 0 Å². The second kappa shape index (κ2) is 29.5. The summed E-state index contributed by atoms with van der Waals surface area (Å²) in [6.45, 7) is 23.0. The number of alkyl carbamates (subject to hydrolysis) is 1. The molecular weight excluding hydrogens is 1140 g/mol. The minimum absolute atomic E-state index is 0.0266. The van der Waals surface area contributed by atoms with Gasteiger partial charge in [0, 0.05) is 55.1 Å². The molecule has 0 bridgehead atoms. The van der Waals surface area contributed by atoms with E-state index < -0.39 is 70.6 Å².